The summed E-state index contributed by atoms with van der Waals surface area (Å²) in [7, 11) is 0. The summed E-state index contributed by atoms with van der Waals surface area (Å²) in [6.45, 7) is 0.614. The van der Waals surface area contributed by atoms with Crippen molar-refractivity contribution in [1.82, 2.24) is 0 Å². The normalized spacial score (nSPS) is 10.4. The van der Waals surface area contributed by atoms with Gasteiger partial charge in [-0.3, -0.25) is 0 Å². The quantitative estimate of drug-likeness (QED) is 0.574. The minimum Gasteiger partial charge on any atom is -0.461 e. The first-order chi connectivity index (χ1) is 6.83. The van der Waals surface area contributed by atoms with Gasteiger partial charge < -0.3 is 10.5 Å². The number of benzene rings is 1. The Morgan fingerprint density at radius 1 is 1.36 bits per heavy atom. The summed E-state index contributed by atoms with van der Waals surface area (Å²) in [5.41, 5.74) is 6.15. The van der Waals surface area contributed by atoms with E-state index in [1.165, 1.54) is 6.08 Å². The summed E-state index contributed by atoms with van der Waals surface area (Å²) < 4.78 is 4.76. The van der Waals surface area contributed by atoms with E-state index >= 15 is 0 Å². The van der Waals surface area contributed by atoms with Crippen molar-refractivity contribution >= 4 is 12.0 Å². The van der Waals surface area contributed by atoms with Gasteiger partial charge in [0.1, 0.15) is 6.61 Å². The zero-order valence-electron chi connectivity index (χ0n) is 7.85. The van der Waals surface area contributed by atoms with Crippen LogP contribution in [-0.2, 0) is 9.53 Å². The Labute approximate surface area is 83.2 Å². The molecule has 3 nitrogen and oxygen atoms in total. The highest BCUT2D eigenvalue weighted by molar-refractivity contribution is 5.86. The molecule has 0 aliphatic carbocycles. The van der Waals surface area contributed by atoms with Crippen LogP contribution in [0.3, 0.4) is 0 Å². The predicted octanol–water partition coefficient (Wildman–Crippen LogP) is 1.20. The molecule has 0 radical (unpaired) electrons. The van der Waals surface area contributed by atoms with Crippen LogP contribution in [0.1, 0.15) is 5.56 Å². The van der Waals surface area contributed by atoms with Gasteiger partial charge in [-0.25, -0.2) is 4.79 Å². The first kappa shape index (κ1) is 10.5. The van der Waals surface area contributed by atoms with E-state index in [0.29, 0.717) is 6.54 Å². The van der Waals surface area contributed by atoms with Crippen LogP contribution < -0.4 is 5.73 Å². The molecule has 14 heavy (non-hydrogen) atoms. The SMILES string of the molecule is NCCOC(=O)/C=C/c1ccccc1. The molecule has 0 saturated heterocycles. The van der Waals surface area contributed by atoms with Crippen molar-refractivity contribution in [2.45, 2.75) is 0 Å². The van der Waals surface area contributed by atoms with Crippen molar-refractivity contribution in [2.24, 2.45) is 5.73 Å². The molecule has 2 N–H and O–H groups in total. The van der Waals surface area contributed by atoms with Crippen molar-refractivity contribution in [3.05, 3.63) is 42.0 Å². The zero-order chi connectivity index (χ0) is 10.2. The average Bonchev–Trinajstić information content (AvgIpc) is 2.25. The number of ether oxygens (including phenoxy) is 1. The summed E-state index contributed by atoms with van der Waals surface area (Å²) in [5, 5.41) is 0. The van der Waals surface area contributed by atoms with E-state index < -0.39 is 0 Å². The van der Waals surface area contributed by atoms with Gasteiger partial charge in [-0.05, 0) is 11.6 Å². The third kappa shape index (κ3) is 3.87. The monoisotopic (exact) mass is 191 g/mol. The molecular formula is C11H13NO2. The molecule has 3 heteroatoms. The smallest absolute Gasteiger partial charge is 0.330 e. The molecule has 0 fully saturated rings. The summed E-state index contributed by atoms with van der Waals surface area (Å²) in [4.78, 5) is 11.0. The lowest BCUT2D eigenvalue weighted by atomic mass is 10.2. The molecule has 1 aromatic rings. The standard InChI is InChI=1S/C11H13NO2/c12-8-9-14-11(13)7-6-10-4-2-1-3-5-10/h1-7H,8-9,12H2/b7-6+. The van der Waals surface area contributed by atoms with Gasteiger partial charge >= 0.3 is 5.97 Å². The van der Waals surface area contributed by atoms with Crippen LogP contribution in [0.5, 0.6) is 0 Å². The first-order valence-electron chi connectivity index (χ1n) is 4.43. The zero-order valence-corrected chi connectivity index (χ0v) is 7.85. The highest BCUT2D eigenvalue weighted by Crippen LogP contribution is 2.00. The number of nitrogens with two attached hydrogens (primary N) is 1. The lowest BCUT2D eigenvalue weighted by Crippen LogP contribution is -2.11. The Hall–Kier alpha value is -1.61. The molecule has 0 heterocycles. The van der Waals surface area contributed by atoms with Crippen LogP contribution in [-0.4, -0.2) is 19.1 Å². The number of esters is 1. The van der Waals surface area contributed by atoms with Gasteiger partial charge in [0.25, 0.3) is 0 Å². The van der Waals surface area contributed by atoms with E-state index in [9.17, 15) is 4.79 Å². The van der Waals surface area contributed by atoms with E-state index in [1.54, 1.807) is 6.08 Å². The minimum absolute atomic E-state index is 0.262. The molecule has 0 aromatic heterocycles. The molecule has 0 atom stereocenters. The lowest BCUT2D eigenvalue weighted by Gasteiger charge is -1.97. The van der Waals surface area contributed by atoms with Crippen molar-refractivity contribution in [3.8, 4) is 0 Å². The van der Waals surface area contributed by atoms with Crippen LogP contribution in [0.15, 0.2) is 36.4 Å². The van der Waals surface area contributed by atoms with E-state index in [-0.39, 0.29) is 12.6 Å². The molecule has 0 spiro atoms. The van der Waals surface area contributed by atoms with Gasteiger partial charge in [0.2, 0.25) is 0 Å². The number of hydrogen-bond donors (Lipinski definition) is 1. The number of carbonyl (C=O) groups is 1. The summed E-state index contributed by atoms with van der Waals surface area (Å²) in [6.07, 6.45) is 3.10. The van der Waals surface area contributed by atoms with E-state index in [4.69, 9.17) is 10.5 Å². The second-order valence-electron chi connectivity index (χ2n) is 2.70. The summed E-state index contributed by atoms with van der Waals surface area (Å²) in [6, 6.07) is 9.55. The Morgan fingerprint density at radius 3 is 2.71 bits per heavy atom. The number of hydrogen-bond acceptors (Lipinski definition) is 3. The van der Waals surface area contributed by atoms with Crippen LogP contribution >= 0.6 is 0 Å². The lowest BCUT2D eigenvalue weighted by molar-refractivity contribution is -0.137. The maximum absolute atomic E-state index is 11.0. The molecule has 0 aliphatic heterocycles. The fourth-order valence-corrected chi connectivity index (χ4v) is 0.936. The van der Waals surface area contributed by atoms with E-state index in [2.05, 4.69) is 0 Å². The van der Waals surface area contributed by atoms with Crippen molar-refractivity contribution in [2.75, 3.05) is 13.2 Å². The van der Waals surface area contributed by atoms with E-state index in [0.717, 1.165) is 5.56 Å². The Morgan fingerprint density at radius 2 is 2.07 bits per heavy atom. The number of carbonyl (C=O) groups excluding carboxylic acids is 1. The molecule has 1 rings (SSSR count). The molecule has 0 aliphatic rings. The molecule has 0 amide bonds. The number of rotatable bonds is 4. The summed E-state index contributed by atoms with van der Waals surface area (Å²) in [5.74, 6) is -0.362. The molecule has 1 aromatic carbocycles. The highest BCUT2D eigenvalue weighted by atomic mass is 16.5. The third-order valence-electron chi connectivity index (χ3n) is 1.57. The first-order valence-corrected chi connectivity index (χ1v) is 4.43. The van der Waals surface area contributed by atoms with Gasteiger partial charge in [-0.2, -0.15) is 0 Å². The maximum Gasteiger partial charge on any atom is 0.330 e. The molecule has 74 valence electrons. The molecular weight excluding hydrogens is 178 g/mol. The van der Waals surface area contributed by atoms with Crippen LogP contribution in [0.2, 0.25) is 0 Å². The molecule has 0 saturated carbocycles. The highest BCUT2D eigenvalue weighted by Gasteiger charge is 1.94. The Kier molecular flexibility index (Phi) is 4.44. The average molecular weight is 191 g/mol. The van der Waals surface area contributed by atoms with Gasteiger partial charge in [0, 0.05) is 12.6 Å². The second kappa shape index (κ2) is 5.94. The fraction of sp³-hybridized carbons (Fsp3) is 0.182. The largest absolute Gasteiger partial charge is 0.461 e. The van der Waals surface area contributed by atoms with Crippen molar-refractivity contribution < 1.29 is 9.53 Å². The van der Waals surface area contributed by atoms with Crippen molar-refractivity contribution in [3.63, 3.8) is 0 Å². The third-order valence-corrected chi connectivity index (χ3v) is 1.57. The van der Waals surface area contributed by atoms with Gasteiger partial charge in [-0.1, -0.05) is 30.3 Å². The summed E-state index contributed by atoms with van der Waals surface area (Å²) >= 11 is 0. The van der Waals surface area contributed by atoms with Crippen LogP contribution in [0.25, 0.3) is 6.08 Å². The Bertz CT molecular complexity index is 306. The minimum atomic E-state index is -0.362. The van der Waals surface area contributed by atoms with Gasteiger partial charge in [-0.15, -0.1) is 0 Å². The predicted molar refractivity (Wildman–Crippen MR) is 55.5 cm³/mol. The van der Waals surface area contributed by atoms with Gasteiger partial charge in [0.05, 0.1) is 0 Å². The van der Waals surface area contributed by atoms with Crippen LogP contribution in [0.4, 0.5) is 0 Å². The van der Waals surface area contributed by atoms with Crippen LogP contribution in [0, 0.1) is 0 Å². The molecule has 0 unspecified atom stereocenters. The topological polar surface area (TPSA) is 52.3 Å². The van der Waals surface area contributed by atoms with Crippen molar-refractivity contribution in [1.29, 1.82) is 0 Å². The second-order valence-corrected chi connectivity index (χ2v) is 2.70. The Balaban J connectivity index is 2.44. The fourth-order valence-electron chi connectivity index (χ4n) is 0.936. The van der Waals surface area contributed by atoms with Gasteiger partial charge in [0.15, 0.2) is 0 Å². The maximum atomic E-state index is 11.0. The molecule has 0 bridgehead atoms. The van der Waals surface area contributed by atoms with E-state index in [1.807, 2.05) is 30.3 Å².